The third-order valence-electron chi connectivity index (χ3n) is 3.89. The van der Waals surface area contributed by atoms with Crippen molar-refractivity contribution in [2.24, 2.45) is 0 Å². The molecule has 1 aliphatic rings. The Hall–Kier alpha value is -2.68. The molecule has 0 saturated heterocycles. The Kier molecular flexibility index (Phi) is 5.05. The van der Waals surface area contributed by atoms with Crippen LogP contribution in [0, 0.1) is 10.1 Å². The van der Waals surface area contributed by atoms with Crippen LogP contribution in [0.25, 0.3) is 0 Å². The van der Waals surface area contributed by atoms with Crippen LogP contribution in [0.4, 0.5) is 27.7 Å². The number of carbonyl (C=O) groups is 1. The van der Waals surface area contributed by atoms with Crippen molar-refractivity contribution in [3.05, 3.63) is 50.6 Å². The monoisotopic (exact) mass is 434 g/mol. The van der Waals surface area contributed by atoms with Gasteiger partial charge in [-0.05, 0) is 73.0 Å². The summed E-state index contributed by atoms with van der Waals surface area (Å²) in [7, 11) is 0. The molecule has 142 valence electrons. The van der Waals surface area contributed by atoms with E-state index in [-0.39, 0.29) is 17.6 Å². The molecule has 9 heteroatoms. The molecular weight excluding hydrogens is 416 g/mol. The third-order valence-corrected chi connectivity index (χ3v) is 4.33. The quantitative estimate of drug-likeness (QED) is 0.423. The van der Waals surface area contributed by atoms with Crippen molar-refractivity contribution in [3.8, 4) is 0 Å². The number of aromatic nitrogens is 1. The van der Waals surface area contributed by atoms with Gasteiger partial charge in [0, 0.05) is 18.3 Å². The van der Waals surface area contributed by atoms with E-state index in [4.69, 9.17) is 4.74 Å². The Morgan fingerprint density at radius 3 is 2.74 bits per heavy atom. The van der Waals surface area contributed by atoms with E-state index in [0.717, 1.165) is 11.3 Å². The number of fused-ring (bicyclic) bond motifs is 1. The summed E-state index contributed by atoms with van der Waals surface area (Å²) in [5, 5.41) is 14.2. The second-order valence-corrected chi connectivity index (χ2v) is 7.92. The molecule has 1 aromatic heterocycles. The summed E-state index contributed by atoms with van der Waals surface area (Å²) in [6, 6.07) is 8.33. The molecule has 1 amide bonds. The largest absolute Gasteiger partial charge is 0.443 e. The predicted octanol–water partition coefficient (Wildman–Crippen LogP) is 4.79. The van der Waals surface area contributed by atoms with Crippen LogP contribution in [-0.2, 0) is 11.2 Å². The van der Waals surface area contributed by atoms with Crippen molar-refractivity contribution in [1.82, 2.24) is 4.98 Å². The lowest BCUT2D eigenvalue weighted by Crippen LogP contribution is -2.35. The second-order valence-electron chi connectivity index (χ2n) is 7.11. The molecule has 0 saturated carbocycles. The minimum atomic E-state index is -0.563. The first kappa shape index (κ1) is 19.1. The zero-order valence-electron chi connectivity index (χ0n) is 15.2. The van der Waals surface area contributed by atoms with Gasteiger partial charge in [-0.3, -0.25) is 15.0 Å². The minimum Gasteiger partial charge on any atom is -0.443 e. The molecule has 1 aliphatic heterocycles. The highest BCUT2D eigenvalue weighted by Crippen LogP contribution is 2.34. The highest BCUT2D eigenvalue weighted by molar-refractivity contribution is 9.10. The van der Waals surface area contributed by atoms with Crippen LogP contribution in [0.2, 0.25) is 0 Å². The van der Waals surface area contributed by atoms with Gasteiger partial charge in [0.1, 0.15) is 10.2 Å². The van der Waals surface area contributed by atoms with E-state index >= 15 is 0 Å². The summed E-state index contributed by atoms with van der Waals surface area (Å²) >= 11 is 3.22. The minimum absolute atomic E-state index is 0.117. The van der Waals surface area contributed by atoms with Crippen molar-refractivity contribution in [2.45, 2.75) is 32.8 Å². The summed E-state index contributed by atoms with van der Waals surface area (Å²) < 4.78 is 5.93. The molecule has 8 nitrogen and oxygen atoms in total. The Morgan fingerprint density at radius 1 is 1.33 bits per heavy atom. The molecule has 0 aliphatic carbocycles. The van der Waals surface area contributed by atoms with Crippen molar-refractivity contribution in [1.29, 1.82) is 0 Å². The number of nitrogens with one attached hydrogen (secondary N) is 1. The van der Waals surface area contributed by atoms with E-state index in [1.165, 1.54) is 12.1 Å². The maximum Gasteiger partial charge on any atom is 0.414 e. The Balaban J connectivity index is 1.84. The van der Waals surface area contributed by atoms with E-state index in [1.54, 1.807) is 17.0 Å². The smallest absolute Gasteiger partial charge is 0.414 e. The average molecular weight is 435 g/mol. The fourth-order valence-electron chi connectivity index (χ4n) is 2.79. The third kappa shape index (κ3) is 4.36. The molecule has 0 fully saturated rings. The number of amides is 1. The van der Waals surface area contributed by atoms with Gasteiger partial charge in [-0.15, -0.1) is 0 Å². The fourth-order valence-corrected chi connectivity index (χ4v) is 3.10. The van der Waals surface area contributed by atoms with Gasteiger partial charge in [-0.25, -0.2) is 9.78 Å². The summed E-state index contributed by atoms with van der Waals surface area (Å²) in [5.74, 6) is 0.149. The summed E-state index contributed by atoms with van der Waals surface area (Å²) in [6.07, 6.45) is 0.296. The van der Waals surface area contributed by atoms with Crippen molar-refractivity contribution in [3.63, 3.8) is 0 Å². The fraction of sp³-hybridized carbons (Fsp3) is 0.333. The molecule has 3 rings (SSSR count). The normalized spacial score (nSPS) is 13.3. The van der Waals surface area contributed by atoms with Gasteiger partial charge in [0.2, 0.25) is 5.82 Å². The van der Waals surface area contributed by atoms with Crippen LogP contribution in [0.1, 0.15) is 26.3 Å². The SMILES string of the molecule is CC(C)(C)OC(=O)N1CCc2cc(Nc3nc(Br)ccc3[N+](=O)[O-])ccc21. The lowest BCUT2D eigenvalue weighted by Gasteiger charge is -2.24. The average Bonchev–Trinajstić information content (AvgIpc) is 2.96. The number of ether oxygens (including phenoxy) is 1. The summed E-state index contributed by atoms with van der Waals surface area (Å²) in [6.45, 7) is 6.01. The number of halogens is 1. The molecule has 1 N–H and O–H groups in total. The van der Waals surface area contributed by atoms with Crippen molar-refractivity contribution < 1.29 is 14.5 Å². The molecule has 27 heavy (non-hydrogen) atoms. The van der Waals surface area contributed by atoms with Gasteiger partial charge in [0.15, 0.2) is 0 Å². The molecule has 2 heterocycles. The predicted molar refractivity (Wildman–Crippen MR) is 106 cm³/mol. The highest BCUT2D eigenvalue weighted by atomic mass is 79.9. The maximum atomic E-state index is 12.4. The van der Waals surface area contributed by atoms with Crippen LogP contribution in [0.15, 0.2) is 34.9 Å². The Labute approximate surface area is 164 Å². The van der Waals surface area contributed by atoms with Crippen LogP contribution in [0.5, 0.6) is 0 Å². The molecule has 2 aromatic rings. The van der Waals surface area contributed by atoms with Crippen LogP contribution in [-0.4, -0.2) is 28.1 Å². The Morgan fingerprint density at radius 2 is 2.07 bits per heavy atom. The number of nitrogens with zero attached hydrogens (tertiary/aromatic N) is 3. The van der Waals surface area contributed by atoms with Gasteiger partial charge >= 0.3 is 11.8 Å². The first-order valence-electron chi connectivity index (χ1n) is 8.35. The summed E-state index contributed by atoms with van der Waals surface area (Å²) in [5.41, 5.74) is 1.73. The molecule has 0 bridgehead atoms. The lowest BCUT2D eigenvalue weighted by molar-refractivity contribution is -0.384. The van der Waals surface area contributed by atoms with Crippen molar-refractivity contribution >= 4 is 44.9 Å². The van der Waals surface area contributed by atoms with Gasteiger partial charge in [0.05, 0.1) is 10.6 Å². The molecule has 0 atom stereocenters. The topological polar surface area (TPSA) is 97.6 Å². The molecule has 0 spiro atoms. The maximum absolute atomic E-state index is 12.4. The number of hydrogen-bond acceptors (Lipinski definition) is 6. The number of pyridine rings is 1. The molecular formula is C18H19BrN4O4. The van der Waals surface area contributed by atoms with Crippen LogP contribution < -0.4 is 10.2 Å². The number of hydrogen-bond donors (Lipinski definition) is 1. The second kappa shape index (κ2) is 7.15. The van der Waals surface area contributed by atoms with Crippen molar-refractivity contribution in [2.75, 3.05) is 16.8 Å². The number of anilines is 3. The zero-order chi connectivity index (χ0) is 19.8. The van der Waals surface area contributed by atoms with E-state index in [0.29, 0.717) is 23.3 Å². The number of carbonyl (C=O) groups excluding carboxylic acids is 1. The molecule has 1 aromatic carbocycles. The van der Waals surface area contributed by atoms with E-state index < -0.39 is 10.5 Å². The molecule has 0 radical (unpaired) electrons. The number of rotatable bonds is 3. The van der Waals surface area contributed by atoms with E-state index in [2.05, 4.69) is 26.2 Å². The van der Waals surface area contributed by atoms with Gasteiger partial charge in [-0.1, -0.05) is 0 Å². The highest BCUT2D eigenvalue weighted by Gasteiger charge is 2.29. The van der Waals surface area contributed by atoms with Gasteiger partial charge in [-0.2, -0.15) is 0 Å². The van der Waals surface area contributed by atoms with E-state index in [1.807, 2.05) is 26.8 Å². The van der Waals surface area contributed by atoms with Gasteiger partial charge in [0.25, 0.3) is 0 Å². The van der Waals surface area contributed by atoms with E-state index in [9.17, 15) is 14.9 Å². The zero-order valence-corrected chi connectivity index (χ0v) is 16.7. The standard InChI is InChI=1S/C18H19BrN4O4/c1-18(2,3)27-17(24)22-9-8-11-10-12(4-5-13(11)22)20-16-14(23(25)26)6-7-15(19)21-16/h4-7,10H,8-9H2,1-3H3,(H,20,21). The first-order valence-corrected chi connectivity index (χ1v) is 9.15. The summed E-state index contributed by atoms with van der Waals surface area (Å²) in [4.78, 5) is 28.8. The first-order chi connectivity index (χ1) is 12.6. The number of nitro groups is 1. The lowest BCUT2D eigenvalue weighted by atomic mass is 10.1. The van der Waals surface area contributed by atoms with Gasteiger partial charge < -0.3 is 10.1 Å². The molecule has 0 unspecified atom stereocenters. The van der Waals surface area contributed by atoms with Crippen LogP contribution in [0.3, 0.4) is 0 Å². The van der Waals surface area contributed by atoms with Crippen LogP contribution >= 0.6 is 15.9 Å². The Bertz CT molecular complexity index is 911. The number of benzene rings is 1.